The number of anilines is 2. The Morgan fingerprint density at radius 2 is 1.55 bits per heavy atom. The third kappa shape index (κ3) is 3.87. The molecule has 0 saturated carbocycles. The third-order valence-corrected chi connectivity index (χ3v) is 4.68. The minimum absolute atomic E-state index is 0.194. The number of hydrogen-bond donors (Lipinski definition) is 2. The van der Waals surface area contributed by atoms with Gasteiger partial charge in [-0.05, 0) is 49.4 Å². The monoisotopic (exact) mass is 384 g/mol. The lowest BCUT2D eigenvalue weighted by Gasteiger charge is -2.11. The Bertz CT molecular complexity index is 1180. The van der Waals surface area contributed by atoms with Gasteiger partial charge in [0.2, 0.25) is 0 Å². The van der Waals surface area contributed by atoms with Crippen LogP contribution in [0.2, 0.25) is 0 Å². The molecule has 0 fully saturated rings. The van der Waals surface area contributed by atoms with Crippen LogP contribution < -0.4 is 10.6 Å². The highest BCUT2D eigenvalue weighted by molar-refractivity contribution is 6.07. The second-order valence-corrected chi connectivity index (χ2v) is 6.56. The zero-order valence-corrected chi connectivity index (χ0v) is 15.9. The molecule has 2 heterocycles. The minimum atomic E-state index is -0.234. The number of fused-ring (bicyclic) bond motifs is 1. The molecule has 0 spiro atoms. The third-order valence-electron chi connectivity index (χ3n) is 4.68. The lowest BCUT2D eigenvalue weighted by Crippen LogP contribution is -2.17. The van der Waals surface area contributed by atoms with E-state index in [1.54, 1.807) is 48.8 Å². The lowest BCUT2D eigenvalue weighted by atomic mass is 10.2. The van der Waals surface area contributed by atoms with Gasteiger partial charge in [-0.15, -0.1) is 0 Å². The first kappa shape index (κ1) is 18.4. The first-order valence-electron chi connectivity index (χ1n) is 9.37. The zero-order chi connectivity index (χ0) is 20.2. The lowest BCUT2D eigenvalue weighted by molar-refractivity contribution is 0.101. The molecule has 0 aliphatic rings. The molecule has 2 amide bonds. The molecule has 2 aromatic heterocycles. The van der Waals surface area contributed by atoms with Crippen LogP contribution in [0.25, 0.3) is 10.9 Å². The first-order valence-corrected chi connectivity index (χ1v) is 9.37. The topological polar surface area (TPSA) is 76.0 Å². The highest BCUT2D eigenvalue weighted by Crippen LogP contribution is 2.22. The van der Waals surface area contributed by atoms with E-state index in [4.69, 9.17) is 0 Å². The number of aromatic nitrogens is 2. The maximum absolute atomic E-state index is 12.9. The fraction of sp³-hybridized carbons (Fsp3) is 0.0870. The van der Waals surface area contributed by atoms with Gasteiger partial charge in [-0.25, -0.2) is 0 Å². The molecule has 0 bridgehead atoms. The SMILES string of the molecule is CCn1c(C(=O)Nc2cccc(NC(=O)c3ccncc3)c2)cc2ccccc21. The highest BCUT2D eigenvalue weighted by atomic mass is 16.2. The summed E-state index contributed by atoms with van der Waals surface area (Å²) in [6.45, 7) is 2.71. The predicted octanol–water partition coefficient (Wildman–Crippen LogP) is 4.56. The minimum Gasteiger partial charge on any atom is -0.337 e. The number of benzene rings is 2. The van der Waals surface area contributed by atoms with Crippen molar-refractivity contribution in [1.82, 2.24) is 9.55 Å². The summed E-state index contributed by atoms with van der Waals surface area (Å²) in [5.74, 6) is -0.428. The molecule has 6 heteroatoms. The van der Waals surface area contributed by atoms with Gasteiger partial charge >= 0.3 is 0 Å². The number of carbonyl (C=O) groups is 2. The number of carbonyl (C=O) groups excluding carboxylic acids is 2. The first-order chi connectivity index (χ1) is 14.2. The molecule has 4 rings (SSSR count). The molecular weight excluding hydrogens is 364 g/mol. The Morgan fingerprint density at radius 1 is 0.862 bits per heavy atom. The second kappa shape index (κ2) is 7.98. The van der Waals surface area contributed by atoms with Crippen LogP contribution in [0.3, 0.4) is 0 Å². The number of amides is 2. The molecule has 0 atom stereocenters. The summed E-state index contributed by atoms with van der Waals surface area (Å²) in [7, 11) is 0. The second-order valence-electron chi connectivity index (χ2n) is 6.56. The summed E-state index contributed by atoms with van der Waals surface area (Å²) in [6.07, 6.45) is 3.14. The fourth-order valence-electron chi connectivity index (χ4n) is 3.32. The van der Waals surface area contributed by atoms with Gasteiger partial charge in [-0.3, -0.25) is 14.6 Å². The maximum atomic E-state index is 12.9. The summed E-state index contributed by atoms with van der Waals surface area (Å²) < 4.78 is 1.99. The molecule has 0 radical (unpaired) electrons. The number of rotatable bonds is 5. The number of nitrogens with one attached hydrogen (secondary N) is 2. The molecule has 0 saturated heterocycles. The Hall–Kier alpha value is -3.93. The molecule has 0 aliphatic heterocycles. The molecule has 144 valence electrons. The Balaban J connectivity index is 1.54. The van der Waals surface area contributed by atoms with Gasteiger partial charge in [0.25, 0.3) is 11.8 Å². The normalized spacial score (nSPS) is 10.7. The number of pyridine rings is 1. The quantitative estimate of drug-likeness (QED) is 0.530. The van der Waals surface area contributed by atoms with Crippen LogP contribution in [0.15, 0.2) is 79.1 Å². The van der Waals surface area contributed by atoms with Gasteiger partial charge in [0, 0.05) is 46.8 Å². The molecule has 0 unspecified atom stereocenters. The van der Waals surface area contributed by atoms with E-state index in [0.29, 0.717) is 29.2 Å². The van der Waals surface area contributed by atoms with E-state index in [9.17, 15) is 9.59 Å². The van der Waals surface area contributed by atoms with Crippen LogP contribution in [0.4, 0.5) is 11.4 Å². The van der Waals surface area contributed by atoms with Crippen molar-refractivity contribution in [2.75, 3.05) is 10.6 Å². The Labute approximate surface area is 168 Å². The number of nitrogens with zero attached hydrogens (tertiary/aromatic N) is 2. The van der Waals surface area contributed by atoms with Gasteiger partial charge in [0.1, 0.15) is 5.69 Å². The summed E-state index contributed by atoms with van der Waals surface area (Å²) in [5, 5.41) is 6.78. The van der Waals surface area contributed by atoms with Crippen molar-refractivity contribution in [3.8, 4) is 0 Å². The summed E-state index contributed by atoms with van der Waals surface area (Å²) >= 11 is 0. The highest BCUT2D eigenvalue weighted by Gasteiger charge is 2.15. The van der Waals surface area contributed by atoms with Crippen molar-refractivity contribution in [3.05, 3.63) is 90.4 Å². The Kier molecular flexibility index (Phi) is 5.07. The summed E-state index contributed by atoms with van der Waals surface area (Å²) in [4.78, 5) is 29.1. The van der Waals surface area contributed by atoms with Gasteiger partial charge in [0.15, 0.2) is 0 Å². The van der Waals surface area contributed by atoms with Crippen molar-refractivity contribution in [2.24, 2.45) is 0 Å². The van der Waals surface area contributed by atoms with Crippen LogP contribution in [0.1, 0.15) is 27.8 Å². The van der Waals surface area contributed by atoms with Crippen molar-refractivity contribution < 1.29 is 9.59 Å². The average Bonchev–Trinajstić information content (AvgIpc) is 3.13. The van der Waals surface area contributed by atoms with Crippen LogP contribution in [0, 0.1) is 0 Å². The number of para-hydroxylation sites is 1. The van der Waals surface area contributed by atoms with Gasteiger partial charge in [-0.1, -0.05) is 24.3 Å². The van der Waals surface area contributed by atoms with Gasteiger partial charge < -0.3 is 15.2 Å². The van der Waals surface area contributed by atoms with Crippen LogP contribution in [-0.4, -0.2) is 21.4 Å². The number of aryl methyl sites for hydroxylation is 1. The zero-order valence-electron chi connectivity index (χ0n) is 15.9. The molecule has 29 heavy (non-hydrogen) atoms. The maximum Gasteiger partial charge on any atom is 0.272 e. The van der Waals surface area contributed by atoms with E-state index in [1.807, 2.05) is 41.8 Å². The van der Waals surface area contributed by atoms with E-state index >= 15 is 0 Å². The van der Waals surface area contributed by atoms with Gasteiger partial charge in [-0.2, -0.15) is 0 Å². The van der Waals surface area contributed by atoms with E-state index in [0.717, 1.165) is 10.9 Å². The van der Waals surface area contributed by atoms with E-state index in [1.165, 1.54) is 0 Å². The molecular formula is C23H20N4O2. The molecule has 2 N–H and O–H groups in total. The largest absolute Gasteiger partial charge is 0.337 e. The van der Waals surface area contributed by atoms with E-state index in [2.05, 4.69) is 15.6 Å². The molecule has 0 aliphatic carbocycles. The van der Waals surface area contributed by atoms with Crippen LogP contribution in [0.5, 0.6) is 0 Å². The molecule has 2 aromatic carbocycles. The van der Waals surface area contributed by atoms with Crippen LogP contribution in [-0.2, 0) is 6.54 Å². The van der Waals surface area contributed by atoms with E-state index < -0.39 is 0 Å². The van der Waals surface area contributed by atoms with Crippen molar-refractivity contribution in [2.45, 2.75) is 13.5 Å². The number of hydrogen-bond acceptors (Lipinski definition) is 3. The van der Waals surface area contributed by atoms with Crippen LogP contribution >= 0.6 is 0 Å². The predicted molar refractivity (Wildman–Crippen MR) is 114 cm³/mol. The smallest absolute Gasteiger partial charge is 0.272 e. The molecule has 4 aromatic rings. The fourth-order valence-corrected chi connectivity index (χ4v) is 3.32. The van der Waals surface area contributed by atoms with Gasteiger partial charge in [0.05, 0.1) is 0 Å². The van der Waals surface area contributed by atoms with Crippen molar-refractivity contribution >= 4 is 34.1 Å². The van der Waals surface area contributed by atoms with Crippen molar-refractivity contribution in [3.63, 3.8) is 0 Å². The summed E-state index contributed by atoms with van der Waals surface area (Å²) in [6, 6.07) is 20.2. The Morgan fingerprint density at radius 3 is 2.28 bits per heavy atom. The van der Waals surface area contributed by atoms with E-state index in [-0.39, 0.29) is 11.8 Å². The van der Waals surface area contributed by atoms with Crippen molar-refractivity contribution in [1.29, 1.82) is 0 Å². The standard InChI is InChI=1S/C23H20N4O2/c1-2-27-20-9-4-3-6-17(20)14-21(27)23(29)26-19-8-5-7-18(15-19)25-22(28)16-10-12-24-13-11-16/h3-15H,2H2,1H3,(H,25,28)(H,26,29). The molecule has 6 nitrogen and oxygen atoms in total. The average molecular weight is 384 g/mol. The summed E-state index contributed by atoms with van der Waals surface area (Å²) in [5.41, 5.74) is 3.34.